The Morgan fingerprint density at radius 1 is 1.33 bits per heavy atom. The average molecular weight is 459 g/mol. The SMILES string of the molecule is CCCC(=O)O[C@H](C[C@@]1(C)[C@H](C)CCC(=O)[C@@H]1C)C(C)=CCc1c(O)cc(C)c(C=O)c1O. The van der Waals surface area contributed by atoms with Gasteiger partial charge in [0.2, 0.25) is 0 Å². The Labute approximate surface area is 197 Å². The monoisotopic (exact) mass is 458 g/mol. The summed E-state index contributed by atoms with van der Waals surface area (Å²) in [6, 6.07) is 1.46. The lowest BCUT2D eigenvalue weighted by molar-refractivity contribution is -0.150. The lowest BCUT2D eigenvalue weighted by Crippen LogP contribution is -2.44. The van der Waals surface area contributed by atoms with Crippen LogP contribution in [0.2, 0.25) is 0 Å². The van der Waals surface area contributed by atoms with E-state index < -0.39 is 6.10 Å². The molecule has 2 N–H and O–H groups in total. The number of aromatic hydroxyl groups is 2. The van der Waals surface area contributed by atoms with Crippen LogP contribution in [0.15, 0.2) is 17.7 Å². The van der Waals surface area contributed by atoms with Gasteiger partial charge in [0.15, 0.2) is 6.29 Å². The van der Waals surface area contributed by atoms with Crippen LogP contribution >= 0.6 is 0 Å². The first kappa shape index (κ1) is 26.6. The average Bonchev–Trinajstić information content (AvgIpc) is 2.74. The Balaban J connectivity index is 2.37. The third-order valence-corrected chi connectivity index (χ3v) is 7.66. The van der Waals surface area contributed by atoms with E-state index in [1.54, 1.807) is 6.92 Å². The topological polar surface area (TPSA) is 101 Å². The number of ketones is 1. The third kappa shape index (κ3) is 5.84. The number of phenols is 2. The molecular formula is C27H38O6. The zero-order valence-corrected chi connectivity index (χ0v) is 20.7. The Bertz CT molecular complexity index is 931. The van der Waals surface area contributed by atoms with Crippen LogP contribution in [-0.4, -0.2) is 34.4 Å². The summed E-state index contributed by atoms with van der Waals surface area (Å²) in [5.41, 5.74) is 1.36. The summed E-state index contributed by atoms with van der Waals surface area (Å²) in [7, 11) is 0. The number of esters is 1. The molecule has 0 heterocycles. The van der Waals surface area contributed by atoms with E-state index in [2.05, 4.69) is 13.8 Å². The van der Waals surface area contributed by atoms with Crippen LogP contribution in [0, 0.1) is 24.2 Å². The van der Waals surface area contributed by atoms with Gasteiger partial charge in [0, 0.05) is 24.3 Å². The molecule has 1 aromatic carbocycles. The zero-order chi connectivity index (χ0) is 24.9. The van der Waals surface area contributed by atoms with E-state index in [1.165, 1.54) is 6.07 Å². The number of allylic oxidation sites excluding steroid dienone is 1. The van der Waals surface area contributed by atoms with Gasteiger partial charge in [-0.2, -0.15) is 0 Å². The van der Waals surface area contributed by atoms with Crippen molar-refractivity contribution in [3.8, 4) is 11.5 Å². The number of rotatable bonds is 9. The van der Waals surface area contributed by atoms with Crippen LogP contribution in [-0.2, 0) is 20.7 Å². The van der Waals surface area contributed by atoms with Crippen LogP contribution in [0.3, 0.4) is 0 Å². The van der Waals surface area contributed by atoms with Gasteiger partial charge < -0.3 is 14.9 Å². The fraction of sp³-hybridized carbons (Fsp3) is 0.593. The number of ether oxygens (including phenoxy) is 1. The van der Waals surface area contributed by atoms with Crippen molar-refractivity contribution in [2.75, 3.05) is 0 Å². The minimum atomic E-state index is -0.523. The largest absolute Gasteiger partial charge is 0.508 e. The van der Waals surface area contributed by atoms with E-state index in [1.807, 2.05) is 26.8 Å². The number of Topliss-reactive ketones (excluding diaryl/α,β-unsaturated/α-hetero) is 1. The van der Waals surface area contributed by atoms with Gasteiger partial charge in [0.25, 0.3) is 0 Å². The molecule has 0 bridgehead atoms. The van der Waals surface area contributed by atoms with E-state index in [9.17, 15) is 24.6 Å². The molecule has 4 atom stereocenters. The molecule has 0 spiro atoms. The molecule has 1 aromatic rings. The number of carbonyl (C=O) groups is 3. The molecule has 0 unspecified atom stereocenters. The first-order valence-corrected chi connectivity index (χ1v) is 11.8. The Kier molecular flexibility index (Phi) is 8.87. The summed E-state index contributed by atoms with van der Waals surface area (Å²) in [6.07, 6.45) is 4.94. The standard InChI is InChI=1S/C27H38O6/c1-7-8-25(31)33-24(14-27(6)18(4)10-12-22(29)19(27)5)16(2)9-11-20-23(30)13-17(3)21(15-28)26(20)32/h9,13,15,18-19,24,30,32H,7-8,10-12,14H2,1-6H3/t18-,19+,24-,27+/m1/s1. The van der Waals surface area contributed by atoms with Crippen LogP contribution < -0.4 is 0 Å². The fourth-order valence-electron chi connectivity index (χ4n) is 4.78. The maximum atomic E-state index is 12.5. The number of hydrogen-bond acceptors (Lipinski definition) is 6. The van der Waals surface area contributed by atoms with Crippen molar-refractivity contribution < 1.29 is 29.3 Å². The molecule has 6 nitrogen and oxygen atoms in total. The summed E-state index contributed by atoms with van der Waals surface area (Å²) >= 11 is 0. The molecule has 1 saturated carbocycles. The Hall–Kier alpha value is -2.63. The number of phenolic OH excluding ortho intramolecular Hbond substituents is 2. The first-order chi connectivity index (χ1) is 15.5. The first-order valence-electron chi connectivity index (χ1n) is 11.8. The molecule has 33 heavy (non-hydrogen) atoms. The molecular weight excluding hydrogens is 420 g/mol. The molecule has 0 saturated heterocycles. The lowest BCUT2D eigenvalue weighted by atomic mass is 9.59. The van der Waals surface area contributed by atoms with Crippen LogP contribution in [0.5, 0.6) is 11.5 Å². The maximum Gasteiger partial charge on any atom is 0.306 e. The zero-order valence-electron chi connectivity index (χ0n) is 20.7. The summed E-state index contributed by atoms with van der Waals surface area (Å²) < 4.78 is 5.87. The minimum absolute atomic E-state index is 0.0914. The van der Waals surface area contributed by atoms with Crippen molar-refractivity contribution in [1.29, 1.82) is 0 Å². The second kappa shape index (κ2) is 11.0. The predicted octanol–water partition coefficient (Wildman–Crippen LogP) is 5.45. The van der Waals surface area contributed by atoms with E-state index in [0.717, 1.165) is 12.0 Å². The molecule has 0 aliphatic heterocycles. The number of aldehydes is 1. The Morgan fingerprint density at radius 3 is 2.61 bits per heavy atom. The highest BCUT2D eigenvalue weighted by Gasteiger charge is 2.45. The van der Waals surface area contributed by atoms with Crippen molar-refractivity contribution in [3.05, 3.63) is 34.4 Å². The summed E-state index contributed by atoms with van der Waals surface area (Å²) in [5.74, 6) is -0.214. The maximum absolute atomic E-state index is 12.5. The van der Waals surface area contributed by atoms with Gasteiger partial charge in [-0.25, -0.2) is 0 Å². The van der Waals surface area contributed by atoms with Gasteiger partial charge in [-0.3, -0.25) is 14.4 Å². The Morgan fingerprint density at radius 2 is 2.00 bits per heavy atom. The number of benzene rings is 1. The highest BCUT2D eigenvalue weighted by Crippen LogP contribution is 2.48. The van der Waals surface area contributed by atoms with Gasteiger partial charge >= 0.3 is 5.97 Å². The van der Waals surface area contributed by atoms with Crippen molar-refractivity contribution in [1.82, 2.24) is 0 Å². The number of aryl methyl sites for hydroxylation is 1. The van der Waals surface area contributed by atoms with Crippen LogP contribution in [0.25, 0.3) is 0 Å². The van der Waals surface area contributed by atoms with Crippen molar-refractivity contribution in [2.24, 2.45) is 17.3 Å². The molecule has 0 amide bonds. The molecule has 0 aromatic heterocycles. The summed E-state index contributed by atoms with van der Waals surface area (Å²) in [4.78, 5) is 36.2. The molecule has 1 fully saturated rings. The molecule has 182 valence electrons. The van der Waals surface area contributed by atoms with E-state index in [4.69, 9.17) is 4.74 Å². The highest BCUT2D eigenvalue weighted by atomic mass is 16.5. The van der Waals surface area contributed by atoms with Gasteiger partial charge in [0.05, 0.1) is 5.56 Å². The molecule has 6 heteroatoms. The van der Waals surface area contributed by atoms with E-state index >= 15 is 0 Å². The van der Waals surface area contributed by atoms with E-state index in [0.29, 0.717) is 43.5 Å². The summed E-state index contributed by atoms with van der Waals surface area (Å²) in [6.45, 7) is 11.6. The predicted molar refractivity (Wildman–Crippen MR) is 127 cm³/mol. The second-order valence-electron chi connectivity index (χ2n) is 9.79. The number of carbonyl (C=O) groups excluding carboxylic acids is 3. The molecule has 1 aliphatic rings. The van der Waals surface area contributed by atoms with Crippen molar-refractivity contribution in [2.45, 2.75) is 86.2 Å². The molecule has 0 radical (unpaired) electrons. The fourth-order valence-corrected chi connectivity index (χ4v) is 4.78. The summed E-state index contributed by atoms with van der Waals surface area (Å²) in [5, 5.41) is 20.8. The van der Waals surface area contributed by atoms with Gasteiger partial charge in [-0.05, 0) is 68.1 Å². The number of hydrogen-bond donors (Lipinski definition) is 2. The smallest absolute Gasteiger partial charge is 0.306 e. The van der Waals surface area contributed by atoms with E-state index in [-0.39, 0.29) is 52.1 Å². The second-order valence-corrected chi connectivity index (χ2v) is 9.79. The van der Waals surface area contributed by atoms with Gasteiger partial charge in [-0.15, -0.1) is 0 Å². The molecule has 2 rings (SSSR count). The van der Waals surface area contributed by atoms with Crippen molar-refractivity contribution in [3.63, 3.8) is 0 Å². The molecule has 1 aliphatic carbocycles. The highest BCUT2D eigenvalue weighted by molar-refractivity contribution is 5.83. The van der Waals surface area contributed by atoms with Crippen LogP contribution in [0.1, 0.15) is 88.2 Å². The van der Waals surface area contributed by atoms with Gasteiger partial charge in [0.1, 0.15) is 23.4 Å². The van der Waals surface area contributed by atoms with Crippen molar-refractivity contribution >= 4 is 18.0 Å². The lowest BCUT2D eigenvalue weighted by Gasteiger charge is -2.45. The quantitative estimate of drug-likeness (QED) is 0.290. The normalized spacial score (nSPS) is 24.4. The minimum Gasteiger partial charge on any atom is -0.508 e. The third-order valence-electron chi connectivity index (χ3n) is 7.66. The van der Waals surface area contributed by atoms with Gasteiger partial charge in [-0.1, -0.05) is 33.8 Å². The van der Waals surface area contributed by atoms with Crippen LogP contribution in [0.4, 0.5) is 0 Å².